The quantitative estimate of drug-likeness (QED) is 0.182. The van der Waals surface area contributed by atoms with E-state index in [1.54, 1.807) is 7.11 Å². The average Bonchev–Trinajstić information content (AvgIpc) is 3.50. The van der Waals surface area contributed by atoms with E-state index >= 15 is 0 Å². The fraction of sp³-hybridized carbons (Fsp3) is 0.538. The van der Waals surface area contributed by atoms with Crippen LogP contribution >= 0.6 is 0 Å². The molecule has 5 rings (SSSR count). The number of anilines is 2. The number of hydrogen-bond donors (Lipinski definition) is 3. The van der Waals surface area contributed by atoms with Gasteiger partial charge in [-0.25, -0.2) is 0 Å². The number of carbonyl (C=O) groups is 2. The summed E-state index contributed by atoms with van der Waals surface area (Å²) < 4.78 is 12.5. The van der Waals surface area contributed by atoms with Crippen molar-refractivity contribution in [2.75, 3.05) is 43.6 Å². The van der Waals surface area contributed by atoms with Crippen molar-refractivity contribution in [1.82, 2.24) is 5.32 Å². The highest BCUT2D eigenvalue weighted by Gasteiger charge is 2.66. The van der Waals surface area contributed by atoms with Gasteiger partial charge < -0.3 is 30.1 Å². The van der Waals surface area contributed by atoms with E-state index in [4.69, 9.17) is 9.47 Å². The van der Waals surface area contributed by atoms with Crippen molar-refractivity contribution in [3.05, 3.63) is 71.3 Å². The zero-order chi connectivity index (χ0) is 34.6. The van der Waals surface area contributed by atoms with Gasteiger partial charge in [0.05, 0.1) is 32.9 Å². The number of nitrogens with zero attached hydrogens (tertiary/aromatic N) is 1. The zero-order valence-electron chi connectivity index (χ0n) is 29.9. The first-order chi connectivity index (χ1) is 22.9. The van der Waals surface area contributed by atoms with Gasteiger partial charge in [0.2, 0.25) is 5.91 Å². The summed E-state index contributed by atoms with van der Waals surface area (Å²) in [6.45, 7) is 15.2. The topological polar surface area (TPSA) is 100 Å². The summed E-state index contributed by atoms with van der Waals surface area (Å²) in [5.74, 6) is 0.473. The number of ether oxygens (including phenoxy) is 2. The van der Waals surface area contributed by atoms with E-state index in [0.29, 0.717) is 25.2 Å². The number of aliphatic hydroxyl groups excluding tert-OH is 1. The Morgan fingerprint density at radius 2 is 1.92 bits per heavy atom. The molecule has 3 aliphatic heterocycles. The van der Waals surface area contributed by atoms with Crippen molar-refractivity contribution < 1.29 is 24.2 Å². The van der Waals surface area contributed by atoms with E-state index in [9.17, 15) is 14.7 Å². The first-order valence-corrected chi connectivity index (χ1v) is 20.7. The Kier molecular flexibility index (Phi) is 11.3. The number of amides is 2. The van der Waals surface area contributed by atoms with Gasteiger partial charge in [-0.3, -0.25) is 9.59 Å². The van der Waals surface area contributed by atoms with Crippen LogP contribution in [0, 0.1) is 11.8 Å². The Bertz CT molecular complexity index is 1530. The van der Waals surface area contributed by atoms with Gasteiger partial charge in [-0.05, 0) is 95.3 Å². The van der Waals surface area contributed by atoms with Gasteiger partial charge in [0.15, 0.2) is 5.60 Å². The maximum absolute atomic E-state index is 14.9. The molecule has 260 valence electrons. The van der Waals surface area contributed by atoms with Crippen molar-refractivity contribution in [2.45, 2.75) is 90.1 Å². The lowest BCUT2D eigenvalue weighted by molar-refractivity contribution is -0.146. The normalized spacial score (nSPS) is 25.7. The van der Waals surface area contributed by atoms with E-state index in [0.717, 1.165) is 49.2 Å². The van der Waals surface area contributed by atoms with E-state index in [2.05, 4.69) is 75.7 Å². The molecule has 2 fully saturated rings. The number of nitrogens with one attached hydrogen (secondary N) is 2. The molecule has 3 N–H and O–H groups in total. The summed E-state index contributed by atoms with van der Waals surface area (Å²) in [7, 11) is -0.622. The highest BCUT2D eigenvalue weighted by Crippen LogP contribution is 2.60. The molecule has 48 heavy (non-hydrogen) atoms. The van der Waals surface area contributed by atoms with Crippen LogP contribution in [0.25, 0.3) is 0 Å². The molecule has 0 bridgehead atoms. The van der Waals surface area contributed by atoms with Gasteiger partial charge in [-0.1, -0.05) is 60.6 Å². The number of carbonyl (C=O) groups excluding carboxylic acids is 2. The molecule has 5 atom stereocenters. The maximum atomic E-state index is 14.9. The molecule has 1 spiro atoms. The molecule has 2 aromatic carbocycles. The second kappa shape index (κ2) is 15.1. The SMILES string of the molecule is COc1ccc([Si](C)(C)[C@@H]2[C@@H](CCO)O[C@]3(C(=O)N(C/C=C(\C)CCC=C(C)C)c4ccc(NC(=O)C5CCCNC5)cc43)[C@H]2C)cc1. The third-order valence-corrected chi connectivity index (χ3v) is 15.3. The molecule has 2 amide bonds. The summed E-state index contributed by atoms with van der Waals surface area (Å²) in [4.78, 5) is 30.1. The zero-order valence-corrected chi connectivity index (χ0v) is 30.9. The summed E-state index contributed by atoms with van der Waals surface area (Å²) in [5.41, 5.74) is 3.66. The minimum atomic E-state index is -2.29. The second-order valence-corrected chi connectivity index (χ2v) is 19.4. The predicted octanol–water partition coefficient (Wildman–Crippen LogP) is 6.27. The Morgan fingerprint density at radius 1 is 1.17 bits per heavy atom. The van der Waals surface area contributed by atoms with Gasteiger partial charge in [0.25, 0.3) is 5.91 Å². The van der Waals surface area contributed by atoms with Crippen LogP contribution in [0.5, 0.6) is 5.75 Å². The van der Waals surface area contributed by atoms with Crippen LogP contribution in [0.15, 0.2) is 65.8 Å². The summed E-state index contributed by atoms with van der Waals surface area (Å²) in [5, 5.41) is 18.0. The maximum Gasteiger partial charge on any atom is 0.264 e. The molecular weight excluding hydrogens is 619 g/mol. The number of fused-ring (bicyclic) bond motifs is 2. The molecule has 0 saturated carbocycles. The second-order valence-electron chi connectivity index (χ2n) is 14.7. The van der Waals surface area contributed by atoms with Crippen LogP contribution in [-0.4, -0.2) is 64.4 Å². The van der Waals surface area contributed by atoms with E-state index in [1.165, 1.54) is 16.3 Å². The molecule has 3 aliphatic rings. The standard InChI is InChI=1S/C39H55N3O5Si/c1-26(2)10-8-11-27(3)19-22-42-34-18-13-30(41-37(44)29-12-9-21-40-25-29)24-33(34)39(38(42)45)28(4)36(35(47-39)20-23-43)48(6,7)32-16-14-31(46-5)15-17-32/h10,13-19,24,28-29,35-36,40,43H,8-9,11-12,20-23,25H2,1-7H3,(H,41,44)/b27-19+/t28-,29?,35+,36-,39+/m0/s1. The number of rotatable bonds is 12. The number of hydrogen-bond acceptors (Lipinski definition) is 6. The van der Waals surface area contributed by atoms with Gasteiger partial charge in [0.1, 0.15) is 5.75 Å². The van der Waals surface area contributed by atoms with Crippen molar-refractivity contribution in [3.63, 3.8) is 0 Å². The Balaban J connectivity index is 1.55. The van der Waals surface area contributed by atoms with E-state index < -0.39 is 13.7 Å². The summed E-state index contributed by atoms with van der Waals surface area (Å²) in [6, 6.07) is 14.2. The van der Waals surface area contributed by atoms with Crippen LogP contribution in [-0.2, 0) is 19.9 Å². The summed E-state index contributed by atoms with van der Waals surface area (Å²) in [6.07, 6.45) is 8.27. The van der Waals surface area contributed by atoms with Crippen molar-refractivity contribution in [1.29, 1.82) is 0 Å². The number of benzene rings is 2. The first kappa shape index (κ1) is 36.0. The molecule has 0 aromatic heterocycles. The van der Waals surface area contributed by atoms with Gasteiger partial charge in [0, 0.05) is 36.9 Å². The van der Waals surface area contributed by atoms with Crippen molar-refractivity contribution >= 4 is 36.4 Å². The van der Waals surface area contributed by atoms with E-state index in [1.807, 2.05) is 35.2 Å². The van der Waals surface area contributed by atoms with Crippen LogP contribution in [0.3, 0.4) is 0 Å². The number of piperidine rings is 1. The molecule has 2 saturated heterocycles. The number of aliphatic hydroxyl groups is 1. The lowest BCUT2D eigenvalue weighted by Crippen LogP contribution is -2.52. The number of methoxy groups -OCH3 is 1. The molecule has 3 heterocycles. The summed E-state index contributed by atoms with van der Waals surface area (Å²) >= 11 is 0. The third-order valence-electron chi connectivity index (χ3n) is 10.9. The van der Waals surface area contributed by atoms with Crippen LogP contribution in [0.1, 0.15) is 65.4 Å². The Hall–Kier alpha value is -3.24. The number of allylic oxidation sites excluding steroid dienone is 3. The Labute approximate surface area is 288 Å². The highest BCUT2D eigenvalue weighted by atomic mass is 28.3. The van der Waals surface area contributed by atoms with Crippen LogP contribution in [0.2, 0.25) is 18.6 Å². The van der Waals surface area contributed by atoms with Gasteiger partial charge in [-0.15, -0.1) is 0 Å². The van der Waals surface area contributed by atoms with Crippen LogP contribution in [0.4, 0.5) is 11.4 Å². The third kappa shape index (κ3) is 7.06. The lowest BCUT2D eigenvalue weighted by Gasteiger charge is -2.37. The van der Waals surface area contributed by atoms with Gasteiger partial charge >= 0.3 is 0 Å². The first-order valence-electron chi connectivity index (χ1n) is 17.6. The molecule has 2 aromatic rings. The minimum Gasteiger partial charge on any atom is -0.497 e. The molecule has 1 unspecified atom stereocenters. The predicted molar refractivity (Wildman–Crippen MR) is 197 cm³/mol. The van der Waals surface area contributed by atoms with Gasteiger partial charge in [-0.2, -0.15) is 0 Å². The minimum absolute atomic E-state index is 0.00299. The lowest BCUT2D eigenvalue weighted by atomic mass is 9.82. The van der Waals surface area contributed by atoms with E-state index in [-0.39, 0.29) is 41.9 Å². The fourth-order valence-electron chi connectivity index (χ4n) is 8.23. The highest BCUT2D eigenvalue weighted by molar-refractivity contribution is 6.91. The Morgan fingerprint density at radius 3 is 2.56 bits per heavy atom. The molecule has 8 nitrogen and oxygen atoms in total. The molecular formula is C39H55N3O5Si. The monoisotopic (exact) mass is 673 g/mol. The smallest absolute Gasteiger partial charge is 0.264 e. The largest absolute Gasteiger partial charge is 0.497 e. The van der Waals surface area contributed by atoms with Crippen molar-refractivity contribution in [3.8, 4) is 5.75 Å². The average molecular weight is 674 g/mol. The fourth-order valence-corrected chi connectivity index (χ4v) is 12.3. The molecule has 0 radical (unpaired) electrons. The molecule has 9 heteroatoms. The van der Waals surface area contributed by atoms with Crippen LogP contribution < -0.4 is 25.5 Å². The van der Waals surface area contributed by atoms with Crippen molar-refractivity contribution in [2.24, 2.45) is 11.8 Å². The molecule has 0 aliphatic carbocycles.